The molecule has 0 fully saturated rings. The van der Waals surface area contributed by atoms with Crippen molar-refractivity contribution in [3.05, 3.63) is 35.1 Å². The molecule has 0 atom stereocenters. The molecule has 0 spiro atoms. The normalized spacial score (nSPS) is 12.9. The van der Waals surface area contributed by atoms with Gasteiger partial charge >= 0.3 is 13.2 Å². The summed E-state index contributed by atoms with van der Waals surface area (Å²) in [7, 11) is 0. The summed E-state index contributed by atoms with van der Waals surface area (Å²) in [6.45, 7) is -5.39. The van der Waals surface area contributed by atoms with Crippen molar-refractivity contribution in [3.8, 4) is 0 Å². The van der Waals surface area contributed by atoms with Gasteiger partial charge in [-0.1, -0.05) is 17.9 Å². The van der Waals surface area contributed by atoms with Crippen LogP contribution >= 0.6 is 0 Å². The molecule has 1 aromatic rings. The Morgan fingerprint density at radius 2 is 1.62 bits per heavy atom. The van der Waals surface area contributed by atoms with E-state index in [1.165, 1.54) is 0 Å². The minimum atomic E-state index is -5.39. The molecule has 0 aromatic heterocycles. The molecule has 0 amide bonds. The number of rotatable bonds is 2. The molecule has 16 heavy (non-hydrogen) atoms. The standard InChI is InChI=1S/C8H5BF7/c10-6-2-1-5(4-9(14,15)16)7(3-6)8(11,12)13/h1-3H,4H2/q-1. The van der Waals surface area contributed by atoms with Crippen LogP contribution in [0, 0.1) is 5.82 Å². The van der Waals surface area contributed by atoms with E-state index in [0.29, 0.717) is 12.1 Å². The molecule has 0 aliphatic carbocycles. The highest BCUT2D eigenvalue weighted by atomic mass is 19.4. The summed E-state index contributed by atoms with van der Waals surface area (Å²) in [6.07, 6.45) is -6.66. The summed E-state index contributed by atoms with van der Waals surface area (Å²) >= 11 is 0. The van der Waals surface area contributed by atoms with E-state index in [1.807, 2.05) is 0 Å². The third kappa shape index (κ3) is 3.43. The maximum Gasteiger partial charge on any atom is 0.482 e. The van der Waals surface area contributed by atoms with E-state index in [0.717, 1.165) is 0 Å². The van der Waals surface area contributed by atoms with Gasteiger partial charge in [0.1, 0.15) is 5.82 Å². The summed E-state index contributed by atoms with van der Waals surface area (Å²) in [6, 6.07) is 1.15. The zero-order valence-corrected chi connectivity index (χ0v) is 7.66. The number of alkyl halides is 3. The molecule has 0 nitrogen and oxygen atoms in total. The van der Waals surface area contributed by atoms with Crippen LogP contribution in [0.3, 0.4) is 0 Å². The molecule has 0 radical (unpaired) electrons. The van der Waals surface area contributed by atoms with Gasteiger partial charge in [-0.3, -0.25) is 0 Å². The summed E-state index contributed by atoms with van der Waals surface area (Å²) in [5, 5.41) is 0. The van der Waals surface area contributed by atoms with E-state index >= 15 is 0 Å². The predicted molar refractivity (Wildman–Crippen MR) is 44.2 cm³/mol. The smallest absolute Gasteiger partial charge is 0.449 e. The van der Waals surface area contributed by atoms with Gasteiger partial charge in [-0.15, -0.1) is 0 Å². The zero-order chi connectivity index (χ0) is 12.6. The summed E-state index contributed by atoms with van der Waals surface area (Å²) in [5.41, 5.74) is -2.53. The van der Waals surface area contributed by atoms with Gasteiger partial charge in [0.15, 0.2) is 0 Å². The van der Waals surface area contributed by atoms with Gasteiger partial charge in [0.2, 0.25) is 0 Å². The molecule has 0 heterocycles. The molecule has 1 rings (SSSR count). The van der Waals surface area contributed by atoms with Crippen LogP contribution in [-0.2, 0) is 12.5 Å². The van der Waals surface area contributed by atoms with E-state index < -0.39 is 36.4 Å². The van der Waals surface area contributed by atoms with Crippen molar-refractivity contribution < 1.29 is 30.5 Å². The Balaban J connectivity index is 3.19. The van der Waals surface area contributed by atoms with Crippen molar-refractivity contribution >= 4 is 6.98 Å². The molecule has 0 saturated carbocycles. The lowest BCUT2D eigenvalue weighted by molar-refractivity contribution is -0.138. The minimum absolute atomic E-state index is 0.0666. The Labute approximate surface area is 86.1 Å². The lowest BCUT2D eigenvalue weighted by Gasteiger charge is -2.18. The van der Waals surface area contributed by atoms with Crippen LogP contribution in [0.4, 0.5) is 30.5 Å². The van der Waals surface area contributed by atoms with E-state index in [2.05, 4.69) is 0 Å². The number of hydrogen-bond acceptors (Lipinski definition) is 0. The highest BCUT2D eigenvalue weighted by Gasteiger charge is 2.36. The zero-order valence-electron chi connectivity index (χ0n) is 7.66. The van der Waals surface area contributed by atoms with Gasteiger partial charge in [0.25, 0.3) is 0 Å². The summed E-state index contributed by atoms with van der Waals surface area (Å²) in [4.78, 5) is 0. The van der Waals surface area contributed by atoms with Crippen molar-refractivity contribution in [2.24, 2.45) is 0 Å². The summed E-state index contributed by atoms with van der Waals surface area (Å²) < 4.78 is 85.4. The molecule has 0 bridgehead atoms. The third-order valence-corrected chi connectivity index (χ3v) is 1.83. The Bertz CT molecular complexity index is 379. The molecule has 90 valence electrons. The quantitative estimate of drug-likeness (QED) is 0.549. The van der Waals surface area contributed by atoms with E-state index in [9.17, 15) is 30.5 Å². The van der Waals surface area contributed by atoms with Crippen LogP contribution in [-0.4, -0.2) is 6.98 Å². The number of benzene rings is 1. The Hall–Kier alpha value is -1.21. The van der Waals surface area contributed by atoms with Crippen LogP contribution in [0.2, 0.25) is 0 Å². The first-order valence-corrected chi connectivity index (χ1v) is 4.16. The minimum Gasteiger partial charge on any atom is -0.449 e. The number of halogens is 7. The molecular formula is C8H5BF7-. The Morgan fingerprint density at radius 1 is 1.06 bits per heavy atom. The second-order valence-electron chi connectivity index (χ2n) is 3.21. The maximum absolute atomic E-state index is 12.5. The van der Waals surface area contributed by atoms with Gasteiger partial charge in [-0.05, 0) is 12.1 Å². The van der Waals surface area contributed by atoms with Crippen molar-refractivity contribution in [1.29, 1.82) is 0 Å². The average molecular weight is 245 g/mol. The maximum atomic E-state index is 12.5. The molecule has 0 aliphatic rings. The van der Waals surface area contributed by atoms with Crippen LogP contribution in [0.25, 0.3) is 0 Å². The molecule has 0 aliphatic heterocycles. The first kappa shape index (κ1) is 12.9. The first-order valence-electron chi connectivity index (χ1n) is 4.16. The highest BCUT2D eigenvalue weighted by molar-refractivity contribution is 6.57. The third-order valence-electron chi connectivity index (χ3n) is 1.83. The monoisotopic (exact) mass is 245 g/mol. The second-order valence-corrected chi connectivity index (χ2v) is 3.21. The van der Waals surface area contributed by atoms with Gasteiger partial charge in [0, 0.05) is 0 Å². The highest BCUT2D eigenvalue weighted by Crippen LogP contribution is 2.34. The van der Waals surface area contributed by atoms with Crippen LogP contribution in [0.15, 0.2) is 18.2 Å². The number of hydrogen-bond donors (Lipinski definition) is 0. The fourth-order valence-corrected chi connectivity index (χ4v) is 1.24. The molecule has 0 N–H and O–H groups in total. The largest absolute Gasteiger partial charge is 0.482 e. The van der Waals surface area contributed by atoms with Gasteiger partial charge in [-0.25, -0.2) is 4.39 Å². The lowest BCUT2D eigenvalue weighted by Crippen LogP contribution is -2.22. The fourth-order valence-electron chi connectivity index (χ4n) is 1.24. The van der Waals surface area contributed by atoms with Crippen LogP contribution in [0.1, 0.15) is 11.1 Å². The van der Waals surface area contributed by atoms with Crippen molar-refractivity contribution in [2.75, 3.05) is 0 Å². The van der Waals surface area contributed by atoms with Crippen molar-refractivity contribution in [2.45, 2.75) is 12.5 Å². The lowest BCUT2D eigenvalue weighted by atomic mass is 9.80. The van der Waals surface area contributed by atoms with Gasteiger partial charge < -0.3 is 12.9 Å². The molecule has 8 heteroatoms. The van der Waals surface area contributed by atoms with E-state index in [1.54, 1.807) is 0 Å². The average Bonchev–Trinajstić information content (AvgIpc) is 2.04. The van der Waals surface area contributed by atoms with Gasteiger partial charge in [-0.2, -0.15) is 13.2 Å². The van der Waals surface area contributed by atoms with E-state index in [4.69, 9.17) is 0 Å². The van der Waals surface area contributed by atoms with Crippen LogP contribution in [0.5, 0.6) is 0 Å². The van der Waals surface area contributed by atoms with Crippen molar-refractivity contribution in [3.63, 3.8) is 0 Å². The van der Waals surface area contributed by atoms with Gasteiger partial charge in [0.05, 0.1) is 5.56 Å². The molecule has 1 aromatic carbocycles. The Morgan fingerprint density at radius 3 is 2.06 bits per heavy atom. The topological polar surface area (TPSA) is 0 Å². The predicted octanol–water partition coefficient (Wildman–Crippen LogP) is 3.77. The summed E-state index contributed by atoms with van der Waals surface area (Å²) in [5.74, 6) is -1.22. The first-order chi connectivity index (χ1) is 7.09. The molecular weight excluding hydrogens is 240 g/mol. The molecule has 0 unspecified atom stereocenters. The fraction of sp³-hybridized carbons (Fsp3) is 0.250. The van der Waals surface area contributed by atoms with E-state index in [-0.39, 0.29) is 6.07 Å². The second kappa shape index (κ2) is 3.99. The van der Waals surface area contributed by atoms with Crippen molar-refractivity contribution in [1.82, 2.24) is 0 Å². The van der Waals surface area contributed by atoms with Crippen LogP contribution < -0.4 is 0 Å². The SMILES string of the molecule is Fc1ccc(C[B-](F)(F)F)c(C(F)(F)F)c1. The Kier molecular flexibility index (Phi) is 3.21. The molecule has 0 saturated heterocycles.